The van der Waals surface area contributed by atoms with Gasteiger partial charge in [-0.2, -0.15) is 0 Å². The van der Waals surface area contributed by atoms with Crippen LogP contribution in [0.2, 0.25) is 0 Å². The smallest absolute Gasteiger partial charge is 0.219 e. The zero-order valence-electron chi connectivity index (χ0n) is 7.37. The van der Waals surface area contributed by atoms with Crippen LogP contribution in [0.1, 0.15) is 13.8 Å². The van der Waals surface area contributed by atoms with Crippen LogP contribution in [0.5, 0.6) is 0 Å². The minimum atomic E-state index is 0. The largest absolute Gasteiger partial charge is 0.338 e. The average Bonchev–Trinajstić information content (AvgIpc) is 1.88. The summed E-state index contributed by atoms with van der Waals surface area (Å²) in [5, 5.41) is 3.23. The summed E-state index contributed by atoms with van der Waals surface area (Å²) in [7, 11) is 0. The summed E-state index contributed by atoms with van der Waals surface area (Å²) in [6.45, 7) is 6.41. The lowest BCUT2D eigenvalue weighted by Gasteiger charge is -2.32. The first-order valence-electron chi connectivity index (χ1n) is 3.69. The van der Waals surface area contributed by atoms with Crippen molar-refractivity contribution >= 4 is 30.7 Å². The lowest BCUT2D eigenvalue weighted by Crippen LogP contribution is -2.51. The number of amides is 1. The molecule has 1 fully saturated rings. The van der Waals surface area contributed by atoms with E-state index in [0.29, 0.717) is 6.04 Å². The van der Waals surface area contributed by atoms with E-state index >= 15 is 0 Å². The van der Waals surface area contributed by atoms with Crippen molar-refractivity contribution in [1.82, 2.24) is 10.2 Å². The molecule has 5 heteroatoms. The molecule has 1 aliphatic rings. The Bertz CT molecular complexity index is 143. The first-order chi connectivity index (χ1) is 4.72. The lowest BCUT2D eigenvalue weighted by molar-refractivity contribution is -0.131. The fourth-order valence-corrected chi connectivity index (χ4v) is 1.31. The summed E-state index contributed by atoms with van der Waals surface area (Å²) in [5.41, 5.74) is 0. The molecule has 1 aliphatic heterocycles. The molecule has 0 aliphatic carbocycles. The summed E-state index contributed by atoms with van der Waals surface area (Å²) in [4.78, 5) is 12.8. The highest BCUT2D eigenvalue weighted by Crippen LogP contribution is 2.01. The highest BCUT2D eigenvalue weighted by atomic mass is 35.5. The van der Waals surface area contributed by atoms with Crippen LogP contribution in [0.25, 0.3) is 0 Å². The van der Waals surface area contributed by atoms with Gasteiger partial charge in [0.25, 0.3) is 0 Å². The topological polar surface area (TPSA) is 32.3 Å². The highest BCUT2D eigenvalue weighted by molar-refractivity contribution is 5.85. The van der Waals surface area contributed by atoms with Crippen LogP contribution in [-0.2, 0) is 4.79 Å². The van der Waals surface area contributed by atoms with Gasteiger partial charge in [0.15, 0.2) is 0 Å². The molecule has 1 amide bonds. The summed E-state index contributed by atoms with van der Waals surface area (Å²) < 4.78 is 0. The Morgan fingerprint density at radius 2 is 2.08 bits per heavy atom. The molecule has 1 atom stereocenters. The molecule has 0 aromatic carbocycles. The molecule has 74 valence electrons. The summed E-state index contributed by atoms with van der Waals surface area (Å²) in [6.07, 6.45) is 0. The third-order valence-electron chi connectivity index (χ3n) is 1.91. The normalized spacial score (nSPS) is 22.2. The first kappa shape index (κ1) is 14.5. The number of nitrogens with one attached hydrogen (secondary N) is 1. The van der Waals surface area contributed by atoms with Crippen molar-refractivity contribution < 1.29 is 4.79 Å². The maximum Gasteiger partial charge on any atom is 0.219 e. The van der Waals surface area contributed by atoms with Crippen LogP contribution in [0.15, 0.2) is 0 Å². The molecule has 0 radical (unpaired) electrons. The van der Waals surface area contributed by atoms with E-state index < -0.39 is 0 Å². The Kier molecular flexibility index (Phi) is 7.89. The van der Waals surface area contributed by atoms with Gasteiger partial charge in [-0.3, -0.25) is 4.79 Å². The predicted molar refractivity (Wildman–Crippen MR) is 54.2 cm³/mol. The first-order valence-corrected chi connectivity index (χ1v) is 3.69. The molecular weight excluding hydrogens is 199 g/mol. The fraction of sp³-hybridized carbons (Fsp3) is 0.857. The molecule has 1 heterocycles. The summed E-state index contributed by atoms with van der Waals surface area (Å²) in [6, 6.07) is 0.367. The summed E-state index contributed by atoms with van der Waals surface area (Å²) in [5.74, 6) is 0.189. The molecule has 0 spiro atoms. The van der Waals surface area contributed by atoms with E-state index in [1.807, 2.05) is 4.90 Å². The number of carbonyl (C=O) groups is 1. The zero-order valence-corrected chi connectivity index (χ0v) is 9.00. The van der Waals surface area contributed by atoms with Crippen LogP contribution < -0.4 is 5.32 Å². The van der Waals surface area contributed by atoms with Gasteiger partial charge in [0.05, 0.1) is 0 Å². The van der Waals surface area contributed by atoms with Crippen LogP contribution in [0.3, 0.4) is 0 Å². The van der Waals surface area contributed by atoms with Gasteiger partial charge in [0.1, 0.15) is 0 Å². The number of carbonyl (C=O) groups excluding carboxylic acids is 1. The van der Waals surface area contributed by atoms with Crippen molar-refractivity contribution in [1.29, 1.82) is 0 Å². The van der Waals surface area contributed by atoms with Crippen LogP contribution in [-0.4, -0.2) is 36.5 Å². The van der Waals surface area contributed by atoms with Gasteiger partial charge in [0, 0.05) is 32.6 Å². The molecule has 0 unspecified atom stereocenters. The third-order valence-corrected chi connectivity index (χ3v) is 1.91. The molecule has 0 saturated carbocycles. The van der Waals surface area contributed by atoms with Crippen molar-refractivity contribution in [3.05, 3.63) is 0 Å². The van der Waals surface area contributed by atoms with E-state index in [1.54, 1.807) is 6.92 Å². The van der Waals surface area contributed by atoms with Crippen LogP contribution in [0, 0.1) is 0 Å². The molecule has 1 rings (SSSR count). The van der Waals surface area contributed by atoms with Gasteiger partial charge in [-0.25, -0.2) is 0 Å². The minimum absolute atomic E-state index is 0. The Labute approximate surface area is 85.7 Å². The molecule has 1 N–H and O–H groups in total. The predicted octanol–water partition coefficient (Wildman–Crippen LogP) is 0.670. The van der Waals surface area contributed by atoms with Gasteiger partial charge < -0.3 is 10.2 Å². The SMILES string of the molecule is CC(=O)N1CCNC[C@@H]1C.Cl.Cl. The summed E-state index contributed by atoms with van der Waals surface area (Å²) >= 11 is 0. The Balaban J connectivity index is 0. The van der Waals surface area contributed by atoms with Crippen LogP contribution >= 0.6 is 24.8 Å². The Morgan fingerprint density at radius 1 is 1.50 bits per heavy atom. The Morgan fingerprint density at radius 3 is 2.42 bits per heavy atom. The number of nitrogens with zero attached hydrogens (tertiary/aromatic N) is 1. The van der Waals surface area contributed by atoms with E-state index in [2.05, 4.69) is 12.2 Å². The number of hydrogen-bond donors (Lipinski definition) is 1. The Hall–Kier alpha value is 0.01000. The second-order valence-electron chi connectivity index (χ2n) is 2.77. The van der Waals surface area contributed by atoms with E-state index in [-0.39, 0.29) is 30.7 Å². The second-order valence-corrected chi connectivity index (χ2v) is 2.77. The monoisotopic (exact) mass is 214 g/mol. The highest BCUT2D eigenvalue weighted by Gasteiger charge is 2.18. The maximum absolute atomic E-state index is 10.9. The van der Waals surface area contributed by atoms with E-state index in [9.17, 15) is 4.79 Å². The van der Waals surface area contributed by atoms with Crippen molar-refractivity contribution in [2.45, 2.75) is 19.9 Å². The quantitative estimate of drug-likeness (QED) is 0.644. The number of rotatable bonds is 0. The van der Waals surface area contributed by atoms with Gasteiger partial charge in [-0.15, -0.1) is 24.8 Å². The molecule has 0 aromatic heterocycles. The standard InChI is InChI=1S/C7H14N2O.2ClH/c1-6-5-8-3-4-9(6)7(2)10;;/h6,8H,3-5H2,1-2H3;2*1H/t6-;;/m0../s1. The van der Waals surface area contributed by atoms with Gasteiger partial charge in [0.2, 0.25) is 5.91 Å². The van der Waals surface area contributed by atoms with E-state index in [4.69, 9.17) is 0 Å². The number of halogens is 2. The van der Waals surface area contributed by atoms with Gasteiger partial charge >= 0.3 is 0 Å². The average molecular weight is 215 g/mol. The van der Waals surface area contributed by atoms with Crippen molar-refractivity contribution in [3.63, 3.8) is 0 Å². The number of piperazine rings is 1. The second kappa shape index (κ2) is 6.52. The zero-order chi connectivity index (χ0) is 7.56. The van der Waals surface area contributed by atoms with Crippen molar-refractivity contribution in [3.8, 4) is 0 Å². The molecular formula is C7H16Cl2N2O. The van der Waals surface area contributed by atoms with E-state index in [0.717, 1.165) is 19.6 Å². The molecule has 12 heavy (non-hydrogen) atoms. The molecule has 0 aromatic rings. The van der Waals surface area contributed by atoms with Crippen molar-refractivity contribution in [2.75, 3.05) is 19.6 Å². The van der Waals surface area contributed by atoms with Gasteiger partial charge in [-0.05, 0) is 6.92 Å². The van der Waals surface area contributed by atoms with Crippen LogP contribution in [0.4, 0.5) is 0 Å². The fourth-order valence-electron chi connectivity index (χ4n) is 1.31. The lowest BCUT2D eigenvalue weighted by atomic mass is 10.2. The molecule has 3 nitrogen and oxygen atoms in total. The molecule has 1 saturated heterocycles. The maximum atomic E-state index is 10.9. The van der Waals surface area contributed by atoms with E-state index in [1.165, 1.54) is 0 Å². The third kappa shape index (κ3) is 3.61. The van der Waals surface area contributed by atoms with Crippen molar-refractivity contribution in [2.24, 2.45) is 0 Å². The minimum Gasteiger partial charge on any atom is -0.338 e. The van der Waals surface area contributed by atoms with Gasteiger partial charge in [-0.1, -0.05) is 0 Å². The molecule has 0 bridgehead atoms. The number of hydrogen-bond acceptors (Lipinski definition) is 2.